The van der Waals surface area contributed by atoms with Crippen molar-refractivity contribution in [3.8, 4) is 0 Å². The number of imidazole rings is 1. The van der Waals surface area contributed by atoms with Crippen LogP contribution in [0, 0.1) is 5.41 Å². The first-order valence-corrected chi connectivity index (χ1v) is 25.9. The summed E-state index contributed by atoms with van der Waals surface area (Å²) >= 11 is 1.12. The normalized spacial score (nSPS) is 20.7. The molecule has 0 aromatic carbocycles. The van der Waals surface area contributed by atoms with Crippen molar-refractivity contribution < 1.29 is 80.5 Å². The number of amides is 2. The first kappa shape index (κ1) is 55.4. The van der Waals surface area contributed by atoms with Crippen LogP contribution in [0.3, 0.4) is 0 Å². The van der Waals surface area contributed by atoms with E-state index in [0.717, 1.165) is 54.7 Å². The number of anilines is 1. The van der Waals surface area contributed by atoms with Gasteiger partial charge in [0.25, 0.3) is 0 Å². The van der Waals surface area contributed by atoms with Crippen molar-refractivity contribution in [1.29, 1.82) is 0 Å². The first-order chi connectivity index (χ1) is 30.1. The van der Waals surface area contributed by atoms with E-state index in [1.54, 1.807) is 0 Å². The Hall–Kier alpha value is -2.96. The molecule has 3 heterocycles. The number of carbonyl (C=O) groups is 3. The highest BCUT2D eigenvalue weighted by atomic mass is 32.2. The van der Waals surface area contributed by atoms with Gasteiger partial charge in [-0.2, -0.15) is 4.31 Å². The zero-order valence-corrected chi connectivity index (χ0v) is 39.2. The largest absolute Gasteiger partial charge is 0.481 e. The molecule has 1 fully saturated rings. The van der Waals surface area contributed by atoms with Crippen molar-refractivity contribution in [3.05, 3.63) is 37.0 Å². The van der Waals surface area contributed by atoms with Gasteiger partial charge in [0.1, 0.15) is 36.3 Å². The van der Waals surface area contributed by atoms with E-state index in [4.69, 9.17) is 19.5 Å². The van der Waals surface area contributed by atoms with Gasteiger partial charge in [-0.15, -0.1) is 0 Å². The van der Waals surface area contributed by atoms with Crippen LogP contribution in [0.15, 0.2) is 37.0 Å². The number of hydrogen-bond donors (Lipinski definition) is 9. The molecule has 0 saturated carbocycles. The predicted octanol–water partition coefficient (Wildman–Crippen LogP) is 3.31. The van der Waals surface area contributed by atoms with Crippen LogP contribution in [0.5, 0.6) is 0 Å². The SMILES string of the molecule is CCCCCC/C=C/C/C=C/CCCC(=O)SCCNC(=O)CCNC(=O)C(O)C(C)(C)COP(=O)(O)OP(=O)(O)OCC1OC(n2cnc3c(N)ncnc32)C(O)C1OP(=O)(O)O. The number of nitrogens with zero attached hydrogens (tertiary/aromatic N) is 4. The van der Waals surface area contributed by atoms with Crippen molar-refractivity contribution in [2.45, 2.75) is 116 Å². The lowest BCUT2D eigenvalue weighted by Gasteiger charge is -2.30. The topological polar surface area (TPSA) is 364 Å². The molecular weight excluding hydrogens is 927 g/mol. The average Bonchev–Trinajstić information content (AvgIpc) is 3.78. The molecule has 1 saturated heterocycles. The van der Waals surface area contributed by atoms with Gasteiger partial charge in [0, 0.05) is 37.1 Å². The summed E-state index contributed by atoms with van der Waals surface area (Å²) in [7, 11) is -16.4. The zero-order valence-electron chi connectivity index (χ0n) is 35.7. The summed E-state index contributed by atoms with van der Waals surface area (Å²) in [5.41, 5.74) is 4.27. The highest BCUT2D eigenvalue weighted by molar-refractivity contribution is 8.13. The molecule has 64 heavy (non-hydrogen) atoms. The van der Waals surface area contributed by atoms with Crippen LogP contribution in [-0.2, 0) is 50.7 Å². The van der Waals surface area contributed by atoms with E-state index in [-0.39, 0.29) is 41.6 Å². The Balaban J connectivity index is 1.36. The number of ether oxygens (including phenoxy) is 1. The minimum Gasteiger partial charge on any atom is -0.386 e. The second-order valence-corrected chi connectivity index (χ2v) is 20.6. The highest BCUT2D eigenvalue weighted by Gasteiger charge is 2.50. The fraction of sp³-hybridized carbons (Fsp3) is 0.667. The Bertz CT molecular complexity index is 2040. The summed E-state index contributed by atoms with van der Waals surface area (Å²) in [6.07, 6.45) is 10.5. The number of nitrogens with two attached hydrogens (primary N) is 1. The molecule has 7 unspecified atom stereocenters. The predicted molar refractivity (Wildman–Crippen MR) is 233 cm³/mol. The minimum atomic E-state index is -5.58. The van der Waals surface area contributed by atoms with Crippen molar-refractivity contribution in [2.24, 2.45) is 5.41 Å². The molecule has 1 aliphatic heterocycles. The maximum absolute atomic E-state index is 12.7. The molecule has 10 N–H and O–H groups in total. The van der Waals surface area contributed by atoms with Crippen LogP contribution in [-0.4, -0.2) is 123 Å². The maximum Gasteiger partial charge on any atom is 0.481 e. The number of thioether (sulfide) groups is 1. The van der Waals surface area contributed by atoms with Gasteiger partial charge < -0.3 is 50.9 Å². The molecule has 3 rings (SSSR count). The van der Waals surface area contributed by atoms with E-state index in [0.29, 0.717) is 12.2 Å². The molecule has 2 aromatic heterocycles. The van der Waals surface area contributed by atoms with Crippen LogP contribution < -0.4 is 16.4 Å². The van der Waals surface area contributed by atoms with Crippen LogP contribution >= 0.6 is 35.2 Å². The second-order valence-electron chi connectivity index (χ2n) is 15.2. The lowest BCUT2D eigenvalue weighted by atomic mass is 9.87. The molecule has 7 atom stereocenters. The van der Waals surface area contributed by atoms with E-state index >= 15 is 0 Å². The third kappa shape index (κ3) is 19.5. The van der Waals surface area contributed by atoms with Crippen molar-refractivity contribution in [2.75, 3.05) is 37.8 Å². The van der Waals surface area contributed by atoms with E-state index < -0.39 is 84.6 Å². The van der Waals surface area contributed by atoms with E-state index in [9.17, 15) is 57.9 Å². The maximum atomic E-state index is 12.7. The zero-order chi connectivity index (χ0) is 47.6. The van der Waals surface area contributed by atoms with Crippen molar-refractivity contribution in [3.63, 3.8) is 0 Å². The fourth-order valence-corrected chi connectivity index (χ4v) is 9.48. The number of phosphoric ester groups is 3. The smallest absolute Gasteiger partial charge is 0.386 e. The third-order valence-corrected chi connectivity index (χ3v) is 13.4. The Labute approximate surface area is 374 Å². The van der Waals surface area contributed by atoms with Gasteiger partial charge in [-0.05, 0) is 32.1 Å². The van der Waals surface area contributed by atoms with Crippen LogP contribution in [0.4, 0.5) is 5.82 Å². The number of unbranched alkanes of at least 4 members (excludes halogenated alkanes) is 5. The number of hydrogen-bond acceptors (Lipinski definition) is 18. The Morgan fingerprint density at radius 3 is 2.33 bits per heavy atom. The minimum absolute atomic E-state index is 0.0200. The number of allylic oxidation sites excluding steroid dienone is 4. The summed E-state index contributed by atoms with van der Waals surface area (Å²) in [5.74, 6) is -1.07. The highest BCUT2D eigenvalue weighted by Crippen LogP contribution is 2.61. The molecule has 1 aliphatic rings. The number of nitrogen functional groups attached to an aromatic ring is 1. The van der Waals surface area contributed by atoms with Gasteiger partial charge >= 0.3 is 23.5 Å². The lowest BCUT2D eigenvalue weighted by molar-refractivity contribution is -0.137. The van der Waals surface area contributed by atoms with Crippen LogP contribution in [0.2, 0.25) is 0 Å². The van der Waals surface area contributed by atoms with Crippen LogP contribution in [0.25, 0.3) is 11.2 Å². The number of fused-ring (bicyclic) bond motifs is 1. The van der Waals surface area contributed by atoms with Crippen molar-refractivity contribution in [1.82, 2.24) is 30.2 Å². The summed E-state index contributed by atoms with van der Waals surface area (Å²) in [6.45, 7) is 2.72. The Morgan fingerprint density at radius 1 is 0.953 bits per heavy atom. The van der Waals surface area contributed by atoms with Crippen molar-refractivity contribution >= 4 is 69.1 Å². The quantitative estimate of drug-likeness (QED) is 0.0308. The molecule has 0 spiro atoms. The number of phosphoric acid groups is 3. The number of aliphatic hydroxyl groups is 2. The fourth-order valence-electron chi connectivity index (χ4n) is 5.93. The number of aliphatic hydroxyl groups excluding tert-OH is 2. The summed E-state index contributed by atoms with van der Waals surface area (Å²) in [6, 6.07) is 0. The van der Waals surface area contributed by atoms with Gasteiger partial charge in [-0.25, -0.2) is 28.6 Å². The Morgan fingerprint density at radius 2 is 1.64 bits per heavy atom. The van der Waals surface area contributed by atoms with Crippen LogP contribution in [0.1, 0.15) is 91.2 Å². The number of rotatable bonds is 30. The molecular formula is C36H60N7O17P3S. The van der Waals surface area contributed by atoms with Gasteiger partial charge in [-0.3, -0.25) is 32.5 Å². The molecule has 24 nitrogen and oxygen atoms in total. The van der Waals surface area contributed by atoms with Gasteiger partial charge in [0.2, 0.25) is 11.8 Å². The average molecular weight is 988 g/mol. The number of carbonyl (C=O) groups excluding carboxylic acids is 3. The Kier molecular flexibility index (Phi) is 22.8. The van der Waals surface area contributed by atoms with Gasteiger partial charge in [-0.1, -0.05) is 76.1 Å². The lowest BCUT2D eigenvalue weighted by Crippen LogP contribution is -2.46. The number of aromatic nitrogens is 4. The standard InChI is InChI=1S/C36H60N7O17P3S/c1-4-5-6-7-8-9-10-11-12-13-14-15-16-27(45)64-20-19-38-26(44)17-18-39-34(48)31(47)36(2,3)22-57-63(54,55)60-62(52,53)56-21-25-30(59-61(49,50)51)29(46)35(58-25)43-24-42-28-32(37)40-23-41-33(28)43/h9-10,12-13,23-25,29-31,35,46-47H,4-8,11,14-22H2,1-3H3,(H,38,44)(H,39,48)(H,52,53)(H,54,55)(H2,37,40,41)(H2,49,50,51)/b10-9+,13-12+. The molecule has 362 valence electrons. The monoisotopic (exact) mass is 987 g/mol. The summed E-state index contributed by atoms with van der Waals surface area (Å²) in [4.78, 5) is 88.1. The summed E-state index contributed by atoms with van der Waals surface area (Å²) in [5, 5.41) is 26.5. The number of nitrogens with one attached hydrogen (secondary N) is 2. The van der Waals surface area contributed by atoms with E-state index in [2.05, 4.69) is 65.6 Å². The first-order valence-electron chi connectivity index (χ1n) is 20.4. The van der Waals surface area contributed by atoms with Gasteiger partial charge in [0.15, 0.2) is 22.8 Å². The molecule has 2 amide bonds. The van der Waals surface area contributed by atoms with Gasteiger partial charge in [0.05, 0.1) is 19.5 Å². The second kappa shape index (κ2) is 26.4. The third-order valence-electron chi connectivity index (χ3n) is 9.35. The van der Waals surface area contributed by atoms with E-state index in [1.165, 1.54) is 39.5 Å². The van der Waals surface area contributed by atoms with E-state index in [1.807, 2.05) is 0 Å². The molecule has 2 aromatic rings. The molecule has 0 bridgehead atoms. The molecule has 28 heteroatoms. The molecule has 0 radical (unpaired) electrons. The summed E-state index contributed by atoms with van der Waals surface area (Å²) < 4.78 is 62.3. The molecule has 0 aliphatic carbocycles.